The summed E-state index contributed by atoms with van der Waals surface area (Å²) in [6.45, 7) is 5.13. The number of rotatable bonds is 6. The molecule has 1 unspecified atom stereocenters. The van der Waals surface area contributed by atoms with Crippen molar-refractivity contribution in [1.29, 1.82) is 0 Å². The van der Waals surface area contributed by atoms with Gasteiger partial charge in [-0.1, -0.05) is 13.0 Å². The normalized spacial score (nSPS) is 12.3. The Morgan fingerprint density at radius 2 is 2.35 bits per heavy atom. The maximum absolute atomic E-state index is 11.1. The number of primary amides is 1. The molecule has 0 aromatic carbocycles. The van der Waals surface area contributed by atoms with Crippen molar-refractivity contribution < 1.29 is 4.79 Å². The zero-order valence-corrected chi connectivity index (χ0v) is 11.7. The smallest absolute Gasteiger partial charge is 0.251 e. The Balaban J connectivity index is 2.33. The summed E-state index contributed by atoms with van der Waals surface area (Å²) in [5.41, 5.74) is 6.64. The SMILES string of the molecule is CCCNC(C)c1cccnc1-n1cc(C(N)=O)cn1. The lowest BCUT2D eigenvalue weighted by atomic mass is 10.1. The fourth-order valence-electron chi connectivity index (χ4n) is 1.98. The van der Waals surface area contributed by atoms with Crippen LogP contribution < -0.4 is 11.1 Å². The van der Waals surface area contributed by atoms with Crippen molar-refractivity contribution in [1.82, 2.24) is 20.1 Å². The molecule has 0 aliphatic rings. The van der Waals surface area contributed by atoms with E-state index in [-0.39, 0.29) is 6.04 Å². The molecular formula is C14H19N5O. The first kappa shape index (κ1) is 14.2. The first-order valence-corrected chi connectivity index (χ1v) is 6.66. The maximum Gasteiger partial charge on any atom is 0.251 e. The van der Waals surface area contributed by atoms with Crippen LogP contribution in [-0.2, 0) is 0 Å². The van der Waals surface area contributed by atoms with Crippen LogP contribution in [0.3, 0.4) is 0 Å². The van der Waals surface area contributed by atoms with Crippen LogP contribution in [0.1, 0.15) is 42.2 Å². The van der Waals surface area contributed by atoms with Crippen LogP contribution in [0.5, 0.6) is 0 Å². The van der Waals surface area contributed by atoms with Gasteiger partial charge in [0.05, 0.1) is 11.8 Å². The third-order valence-electron chi connectivity index (χ3n) is 3.07. The summed E-state index contributed by atoms with van der Waals surface area (Å²) < 4.78 is 1.58. The van der Waals surface area contributed by atoms with E-state index in [2.05, 4.69) is 29.2 Å². The summed E-state index contributed by atoms with van der Waals surface area (Å²) in [6, 6.07) is 4.04. The van der Waals surface area contributed by atoms with Crippen molar-refractivity contribution in [3.63, 3.8) is 0 Å². The average molecular weight is 273 g/mol. The van der Waals surface area contributed by atoms with Crippen LogP contribution in [0.2, 0.25) is 0 Å². The molecule has 2 aromatic rings. The van der Waals surface area contributed by atoms with E-state index < -0.39 is 5.91 Å². The average Bonchev–Trinajstić information content (AvgIpc) is 2.94. The highest BCUT2D eigenvalue weighted by atomic mass is 16.1. The highest BCUT2D eigenvalue weighted by molar-refractivity contribution is 5.92. The van der Waals surface area contributed by atoms with Crippen LogP contribution >= 0.6 is 0 Å². The van der Waals surface area contributed by atoms with Gasteiger partial charge in [-0.2, -0.15) is 5.10 Å². The van der Waals surface area contributed by atoms with Crippen molar-refractivity contribution >= 4 is 5.91 Å². The van der Waals surface area contributed by atoms with E-state index in [1.54, 1.807) is 17.1 Å². The summed E-state index contributed by atoms with van der Waals surface area (Å²) in [5, 5.41) is 7.57. The van der Waals surface area contributed by atoms with Crippen LogP contribution in [0.4, 0.5) is 0 Å². The third-order valence-corrected chi connectivity index (χ3v) is 3.07. The maximum atomic E-state index is 11.1. The molecule has 6 heteroatoms. The van der Waals surface area contributed by atoms with Crippen LogP contribution in [0, 0.1) is 0 Å². The van der Waals surface area contributed by atoms with E-state index >= 15 is 0 Å². The van der Waals surface area contributed by atoms with Gasteiger partial charge in [0.25, 0.3) is 5.91 Å². The Labute approximate surface area is 118 Å². The van der Waals surface area contributed by atoms with Crippen molar-refractivity contribution in [2.75, 3.05) is 6.54 Å². The molecule has 106 valence electrons. The molecule has 3 N–H and O–H groups in total. The van der Waals surface area contributed by atoms with Crippen molar-refractivity contribution in [2.24, 2.45) is 5.73 Å². The minimum atomic E-state index is -0.495. The molecule has 0 bridgehead atoms. The van der Waals surface area contributed by atoms with E-state index in [1.165, 1.54) is 6.20 Å². The highest BCUT2D eigenvalue weighted by Crippen LogP contribution is 2.19. The second kappa shape index (κ2) is 6.29. The van der Waals surface area contributed by atoms with E-state index in [0.29, 0.717) is 11.4 Å². The Bertz CT molecular complexity index is 593. The van der Waals surface area contributed by atoms with Crippen molar-refractivity contribution in [2.45, 2.75) is 26.3 Å². The first-order valence-electron chi connectivity index (χ1n) is 6.66. The number of pyridine rings is 1. The Morgan fingerprint density at radius 3 is 3.00 bits per heavy atom. The molecule has 0 radical (unpaired) electrons. The Kier molecular flexibility index (Phi) is 4.47. The number of carbonyl (C=O) groups excluding carboxylic acids is 1. The van der Waals surface area contributed by atoms with Gasteiger partial charge in [-0.3, -0.25) is 4.79 Å². The van der Waals surface area contributed by atoms with Crippen molar-refractivity contribution in [3.8, 4) is 5.82 Å². The molecule has 2 heterocycles. The quantitative estimate of drug-likeness (QED) is 0.833. The fourth-order valence-corrected chi connectivity index (χ4v) is 1.98. The number of nitrogens with zero attached hydrogens (tertiary/aromatic N) is 3. The zero-order valence-electron chi connectivity index (χ0n) is 11.7. The van der Waals surface area contributed by atoms with Crippen LogP contribution in [-0.4, -0.2) is 27.2 Å². The van der Waals surface area contributed by atoms with Gasteiger partial charge in [0.1, 0.15) is 0 Å². The van der Waals surface area contributed by atoms with Crippen molar-refractivity contribution in [3.05, 3.63) is 41.9 Å². The number of hydrogen-bond donors (Lipinski definition) is 2. The molecule has 0 aliphatic heterocycles. The molecule has 0 fully saturated rings. The van der Waals surface area contributed by atoms with Gasteiger partial charge in [-0.15, -0.1) is 0 Å². The second-order valence-corrected chi connectivity index (χ2v) is 4.63. The highest BCUT2D eigenvalue weighted by Gasteiger charge is 2.14. The third kappa shape index (κ3) is 3.03. The lowest BCUT2D eigenvalue weighted by Gasteiger charge is -2.16. The van der Waals surface area contributed by atoms with Crippen LogP contribution in [0.25, 0.3) is 5.82 Å². The molecule has 0 saturated carbocycles. The first-order chi connectivity index (χ1) is 9.63. The molecule has 6 nitrogen and oxygen atoms in total. The number of amides is 1. The summed E-state index contributed by atoms with van der Waals surface area (Å²) in [5.74, 6) is 0.210. The molecular weight excluding hydrogens is 254 g/mol. The summed E-state index contributed by atoms with van der Waals surface area (Å²) >= 11 is 0. The number of carbonyl (C=O) groups is 1. The largest absolute Gasteiger partial charge is 0.366 e. The molecule has 1 atom stereocenters. The van der Waals surface area contributed by atoms with E-state index in [9.17, 15) is 4.79 Å². The summed E-state index contributed by atoms with van der Waals surface area (Å²) in [4.78, 5) is 15.5. The van der Waals surface area contributed by atoms with Gasteiger partial charge in [0.15, 0.2) is 5.82 Å². The topological polar surface area (TPSA) is 85.8 Å². The predicted molar refractivity (Wildman–Crippen MR) is 76.6 cm³/mol. The molecule has 2 aromatic heterocycles. The van der Waals surface area contributed by atoms with Gasteiger partial charge < -0.3 is 11.1 Å². The monoisotopic (exact) mass is 273 g/mol. The van der Waals surface area contributed by atoms with Gasteiger partial charge >= 0.3 is 0 Å². The second-order valence-electron chi connectivity index (χ2n) is 4.63. The molecule has 20 heavy (non-hydrogen) atoms. The standard InChI is InChI=1S/C14H19N5O/c1-3-6-16-10(2)12-5-4-7-17-14(12)19-9-11(8-18-19)13(15)20/h4-5,7-10,16H,3,6H2,1-2H3,(H2,15,20). The molecule has 1 amide bonds. The minimum absolute atomic E-state index is 0.153. The van der Waals surface area contributed by atoms with Crippen LogP contribution in [0.15, 0.2) is 30.7 Å². The lowest BCUT2D eigenvalue weighted by Crippen LogP contribution is -2.21. The molecule has 0 saturated heterocycles. The Morgan fingerprint density at radius 1 is 1.55 bits per heavy atom. The number of nitrogens with one attached hydrogen (secondary N) is 1. The Hall–Kier alpha value is -2.21. The van der Waals surface area contributed by atoms with Gasteiger partial charge in [0.2, 0.25) is 0 Å². The number of aromatic nitrogens is 3. The summed E-state index contributed by atoms with van der Waals surface area (Å²) in [7, 11) is 0. The van der Waals surface area contributed by atoms with Gasteiger partial charge in [0, 0.05) is 24.0 Å². The predicted octanol–water partition coefficient (Wildman–Crippen LogP) is 1.43. The molecule has 0 spiro atoms. The van der Waals surface area contributed by atoms with Gasteiger partial charge in [-0.25, -0.2) is 9.67 Å². The molecule has 0 aliphatic carbocycles. The fraction of sp³-hybridized carbons (Fsp3) is 0.357. The van der Waals surface area contributed by atoms with E-state index in [4.69, 9.17) is 5.73 Å². The summed E-state index contributed by atoms with van der Waals surface area (Å²) in [6.07, 6.45) is 5.82. The zero-order chi connectivity index (χ0) is 14.5. The van der Waals surface area contributed by atoms with E-state index in [1.807, 2.05) is 12.1 Å². The minimum Gasteiger partial charge on any atom is -0.366 e. The number of hydrogen-bond acceptors (Lipinski definition) is 4. The van der Waals surface area contributed by atoms with E-state index in [0.717, 1.165) is 18.5 Å². The van der Waals surface area contributed by atoms with Gasteiger partial charge in [-0.05, 0) is 26.0 Å². The number of nitrogens with two attached hydrogens (primary N) is 1. The lowest BCUT2D eigenvalue weighted by molar-refractivity contribution is 0.100. The molecule has 2 rings (SSSR count).